The van der Waals surface area contributed by atoms with Gasteiger partial charge in [-0.15, -0.1) is 11.3 Å². The maximum atomic E-state index is 13.7. The number of sulfonamides is 1. The second-order valence-electron chi connectivity index (χ2n) is 9.95. The topological polar surface area (TPSA) is 103 Å². The number of fused-ring (bicyclic) bond motifs is 1. The average Bonchev–Trinajstić information content (AvgIpc) is 3.31. The number of hydrogen-bond acceptors (Lipinski definition) is 8. The van der Waals surface area contributed by atoms with Gasteiger partial charge in [0.1, 0.15) is 16.6 Å². The molecule has 1 aliphatic rings. The first-order valence-corrected chi connectivity index (χ1v) is 14.7. The van der Waals surface area contributed by atoms with E-state index in [0.717, 1.165) is 21.6 Å². The first-order valence-electron chi connectivity index (χ1n) is 12.4. The molecule has 3 heterocycles. The summed E-state index contributed by atoms with van der Waals surface area (Å²) in [6.07, 6.45) is 1.81. The number of ketones is 1. The van der Waals surface area contributed by atoms with Crippen molar-refractivity contribution < 1.29 is 27.5 Å². The van der Waals surface area contributed by atoms with Crippen LogP contribution in [0.4, 0.5) is 0 Å². The second kappa shape index (κ2) is 11.0. The lowest BCUT2D eigenvalue weighted by molar-refractivity contribution is -0.141. The summed E-state index contributed by atoms with van der Waals surface area (Å²) in [6.45, 7) is 9.82. The third-order valence-electron chi connectivity index (χ3n) is 6.85. The molecule has 0 radical (unpaired) electrons. The maximum Gasteiger partial charge on any atom is 0.293 e. The SMILES string of the molecule is CC[C@@H]1CN(Cc2cc(C(c3ccc(C(C)=O)s3)C(C)(C)OC=O)ccc2C)S(=O)(=O)c2cccnc2O1. The van der Waals surface area contributed by atoms with E-state index in [2.05, 4.69) is 4.98 Å². The van der Waals surface area contributed by atoms with Crippen LogP contribution in [0.3, 0.4) is 0 Å². The van der Waals surface area contributed by atoms with E-state index in [1.54, 1.807) is 12.1 Å². The molecule has 4 rings (SSSR count). The molecule has 1 aromatic carbocycles. The number of pyridine rings is 1. The number of nitrogens with zero attached hydrogens (tertiary/aromatic N) is 2. The largest absolute Gasteiger partial charge is 0.472 e. The van der Waals surface area contributed by atoms with Gasteiger partial charge in [0.25, 0.3) is 6.47 Å². The molecule has 0 bridgehead atoms. The van der Waals surface area contributed by atoms with Crippen molar-refractivity contribution in [3.63, 3.8) is 0 Å². The zero-order valence-electron chi connectivity index (χ0n) is 22.1. The predicted molar refractivity (Wildman–Crippen MR) is 145 cm³/mol. The molecule has 3 aromatic rings. The highest BCUT2D eigenvalue weighted by molar-refractivity contribution is 7.89. The quantitative estimate of drug-likeness (QED) is 0.267. The molecular weight excluding hydrogens is 524 g/mol. The number of benzene rings is 1. The Hall–Kier alpha value is -3.08. The van der Waals surface area contributed by atoms with Crippen LogP contribution in [0.2, 0.25) is 0 Å². The number of carbonyl (C=O) groups is 2. The Morgan fingerprint density at radius 1 is 1.29 bits per heavy atom. The number of Topliss-reactive ketones (excluding diaryl/α,β-unsaturated/α-hetero) is 1. The first kappa shape index (κ1) is 27.9. The zero-order valence-corrected chi connectivity index (χ0v) is 23.8. The van der Waals surface area contributed by atoms with Gasteiger partial charge in [0.05, 0.1) is 17.3 Å². The van der Waals surface area contributed by atoms with Gasteiger partial charge in [-0.25, -0.2) is 13.4 Å². The van der Waals surface area contributed by atoms with E-state index in [-0.39, 0.29) is 41.7 Å². The molecule has 2 atom stereocenters. The Balaban J connectivity index is 1.77. The highest BCUT2D eigenvalue weighted by Gasteiger charge is 2.37. The van der Waals surface area contributed by atoms with Crippen LogP contribution in [-0.4, -0.2) is 48.2 Å². The van der Waals surface area contributed by atoms with E-state index in [1.165, 1.54) is 34.8 Å². The van der Waals surface area contributed by atoms with Gasteiger partial charge in [0.2, 0.25) is 15.9 Å². The molecule has 0 aliphatic carbocycles. The lowest BCUT2D eigenvalue weighted by Crippen LogP contribution is -2.36. The standard InChI is InChI=1S/C28H32N2O6S2/c1-6-22-16-30(38(33,34)25-8-7-13-29-27(25)36-22)15-21-14-20(10-9-18(21)2)26(28(4,5)35-17-31)24-12-11-23(37-24)19(3)32/h7-14,17,22,26H,6,15-16H2,1-5H3/t22-,26?/m1/s1. The zero-order chi connectivity index (χ0) is 27.7. The van der Waals surface area contributed by atoms with Crippen molar-refractivity contribution in [2.24, 2.45) is 0 Å². The van der Waals surface area contributed by atoms with Crippen LogP contribution < -0.4 is 4.74 Å². The van der Waals surface area contributed by atoms with Crippen LogP contribution in [0.25, 0.3) is 0 Å². The molecule has 10 heteroatoms. The van der Waals surface area contributed by atoms with Crippen molar-refractivity contribution in [1.82, 2.24) is 9.29 Å². The molecule has 2 aromatic heterocycles. The molecular formula is C28H32N2O6S2. The molecule has 0 amide bonds. The summed E-state index contributed by atoms with van der Waals surface area (Å²) in [7, 11) is -3.87. The van der Waals surface area contributed by atoms with Gasteiger partial charge in [0, 0.05) is 17.6 Å². The van der Waals surface area contributed by atoms with E-state index in [1.807, 2.05) is 52.0 Å². The van der Waals surface area contributed by atoms with Crippen LogP contribution in [-0.2, 0) is 26.1 Å². The molecule has 0 saturated heterocycles. The third kappa shape index (κ3) is 5.52. The maximum absolute atomic E-state index is 13.7. The first-order chi connectivity index (χ1) is 18.0. The molecule has 1 aliphatic heterocycles. The van der Waals surface area contributed by atoms with Crippen molar-refractivity contribution in [2.75, 3.05) is 6.54 Å². The number of aromatic nitrogens is 1. The van der Waals surface area contributed by atoms with Crippen LogP contribution in [0, 0.1) is 6.92 Å². The van der Waals surface area contributed by atoms with Gasteiger partial charge in [0.15, 0.2) is 5.78 Å². The number of ether oxygens (including phenoxy) is 2. The lowest BCUT2D eigenvalue weighted by atomic mass is 9.82. The fourth-order valence-corrected chi connectivity index (χ4v) is 7.44. The molecule has 1 unspecified atom stereocenters. The normalized spacial score (nSPS) is 18.1. The number of carbonyl (C=O) groups excluding carboxylic acids is 2. The molecule has 0 spiro atoms. The monoisotopic (exact) mass is 556 g/mol. The van der Waals surface area contributed by atoms with Crippen molar-refractivity contribution in [1.29, 1.82) is 0 Å². The number of thiophene rings is 1. The third-order valence-corrected chi connectivity index (χ3v) is 9.93. The summed E-state index contributed by atoms with van der Waals surface area (Å²) in [5.41, 5.74) is 1.68. The van der Waals surface area contributed by atoms with Crippen molar-refractivity contribution in [3.05, 3.63) is 75.1 Å². The summed E-state index contributed by atoms with van der Waals surface area (Å²) in [5, 5.41) is 0. The summed E-state index contributed by atoms with van der Waals surface area (Å²) in [4.78, 5) is 29.1. The molecule has 0 saturated carbocycles. The van der Waals surface area contributed by atoms with Crippen molar-refractivity contribution in [3.8, 4) is 5.88 Å². The highest BCUT2D eigenvalue weighted by atomic mass is 32.2. The summed E-state index contributed by atoms with van der Waals surface area (Å²) in [5.74, 6) is -0.283. The highest BCUT2D eigenvalue weighted by Crippen LogP contribution is 2.41. The molecule has 8 nitrogen and oxygen atoms in total. The summed E-state index contributed by atoms with van der Waals surface area (Å²) < 4.78 is 40.2. The van der Waals surface area contributed by atoms with E-state index >= 15 is 0 Å². The fourth-order valence-electron chi connectivity index (χ4n) is 4.71. The van der Waals surface area contributed by atoms with E-state index < -0.39 is 15.6 Å². The number of aryl methyl sites for hydroxylation is 1. The minimum atomic E-state index is -3.87. The minimum Gasteiger partial charge on any atom is -0.472 e. The Bertz CT molecular complexity index is 1450. The second-order valence-corrected chi connectivity index (χ2v) is 13.0. The predicted octanol–water partition coefficient (Wildman–Crippen LogP) is 5.10. The number of rotatable bonds is 9. The van der Waals surface area contributed by atoms with Gasteiger partial charge in [-0.3, -0.25) is 9.59 Å². The molecule has 38 heavy (non-hydrogen) atoms. The van der Waals surface area contributed by atoms with Crippen molar-refractivity contribution >= 4 is 33.6 Å². The Kier molecular flexibility index (Phi) is 8.06. The Morgan fingerprint density at radius 3 is 2.71 bits per heavy atom. The van der Waals surface area contributed by atoms with Gasteiger partial charge in [-0.2, -0.15) is 4.31 Å². The average molecular weight is 557 g/mol. The van der Waals surface area contributed by atoms with Crippen LogP contribution in [0.1, 0.15) is 71.3 Å². The summed E-state index contributed by atoms with van der Waals surface area (Å²) >= 11 is 1.37. The van der Waals surface area contributed by atoms with Gasteiger partial charge in [-0.05, 0) is 75.1 Å². The van der Waals surface area contributed by atoms with E-state index in [4.69, 9.17) is 9.47 Å². The Labute approximate surface area is 227 Å². The van der Waals surface area contributed by atoms with E-state index in [9.17, 15) is 18.0 Å². The fraction of sp³-hybridized carbons (Fsp3) is 0.393. The van der Waals surface area contributed by atoms with Crippen LogP contribution in [0.5, 0.6) is 5.88 Å². The summed E-state index contributed by atoms with van der Waals surface area (Å²) in [6, 6.07) is 12.6. The lowest BCUT2D eigenvalue weighted by Gasteiger charge is -2.33. The molecule has 0 N–H and O–H groups in total. The molecule has 202 valence electrons. The van der Waals surface area contributed by atoms with Crippen LogP contribution >= 0.6 is 11.3 Å². The minimum absolute atomic E-state index is 0.0347. The van der Waals surface area contributed by atoms with Gasteiger partial charge in [-0.1, -0.05) is 25.1 Å². The number of hydrogen-bond donors (Lipinski definition) is 0. The van der Waals surface area contributed by atoms with Crippen molar-refractivity contribution in [2.45, 2.75) is 70.1 Å². The van der Waals surface area contributed by atoms with Gasteiger partial charge < -0.3 is 9.47 Å². The molecule has 0 fully saturated rings. The smallest absolute Gasteiger partial charge is 0.293 e. The van der Waals surface area contributed by atoms with E-state index in [0.29, 0.717) is 17.8 Å². The van der Waals surface area contributed by atoms with Gasteiger partial charge >= 0.3 is 0 Å². The van der Waals surface area contributed by atoms with Crippen LogP contribution in [0.15, 0.2) is 53.6 Å². The Morgan fingerprint density at radius 2 is 2.05 bits per heavy atom.